The van der Waals surface area contributed by atoms with Gasteiger partial charge < -0.3 is 5.73 Å². The number of nitrogens with two attached hydrogens (primary N) is 1. The minimum atomic E-state index is -3.85. The van der Waals surface area contributed by atoms with Crippen LogP contribution in [0, 0.1) is 16.7 Å². The maximum Gasteiger partial charge on any atom is 0.261 e. The van der Waals surface area contributed by atoms with E-state index in [2.05, 4.69) is 15.2 Å². The van der Waals surface area contributed by atoms with E-state index >= 15 is 0 Å². The van der Waals surface area contributed by atoms with Crippen LogP contribution in [-0.4, -0.2) is 20.0 Å². The van der Waals surface area contributed by atoms with Crippen LogP contribution in [0.5, 0.6) is 0 Å². The highest BCUT2D eigenvalue weighted by Gasteiger charge is 2.14. The Morgan fingerprint density at radius 2 is 1.69 bits per heavy atom. The van der Waals surface area contributed by atoms with E-state index in [4.69, 9.17) is 39.6 Å². The van der Waals surface area contributed by atoms with Crippen LogP contribution in [0.15, 0.2) is 52.5 Å². The van der Waals surface area contributed by atoms with Crippen molar-refractivity contribution in [2.24, 2.45) is 10.8 Å². The summed E-state index contributed by atoms with van der Waals surface area (Å²) >= 11 is 11.7. The molecule has 0 aliphatic rings. The van der Waals surface area contributed by atoms with Gasteiger partial charge in [0.05, 0.1) is 16.3 Å². The molecule has 2 aromatic carbocycles. The van der Waals surface area contributed by atoms with Crippen LogP contribution < -0.4 is 15.9 Å². The summed E-state index contributed by atoms with van der Waals surface area (Å²) in [4.78, 5) is -0.00444. The number of hydrogen-bond acceptors (Lipinski definition) is 6. The van der Waals surface area contributed by atoms with E-state index in [9.17, 15) is 8.42 Å². The molecule has 2 aromatic rings. The fourth-order valence-corrected chi connectivity index (χ4v) is 3.37. The van der Waals surface area contributed by atoms with E-state index < -0.39 is 15.9 Å². The summed E-state index contributed by atoms with van der Waals surface area (Å²) < 4.78 is 27.2. The monoisotopic (exact) mass is 410 g/mol. The summed E-state index contributed by atoms with van der Waals surface area (Å²) in [6, 6.07) is 11.6. The molecule has 134 valence electrons. The zero-order valence-electron chi connectivity index (χ0n) is 13.0. The maximum absolute atomic E-state index is 12.4. The van der Waals surface area contributed by atoms with Crippen molar-refractivity contribution >= 4 is 56.1 Å². The Morgan fingerprint density at radius 1 is 1.12 bits per heavy atom. The van der Waals surface area contributed by atoms with Crippen LogP contribution in [0.3, 0.4) is 0 Å². The van der Waals surface area contributed by atoms with Gasteiger partial charge in [0.2, 0.25) is 5.71 Å². The van der Waals surface area contributed by atoms with Crippen LogP contribution in [0.2, 0.25) is 10.0 Å². The summed E-state index contributed by atoms with van der Waals surface area (Å²) in [5.41, 5.74) is 8.03. The van der Waals surface area contributed by atoms with E-state index in [1.807, 2.05) is 0 Å². The minimum Gasteiger partial charge on any atom is -0.382 e. The quantitative estimate of drug-likeness (QED) is 0.328. The molecule has 0 aromatic heterocycles. The zero-order chi connectivity index (χ0) is 19.3. The van der Waals surface area contributed by atoms with Gasteiger partial charge in [0.1, 0.15) is 6.07 Å². The lowest BCUT2D eigenvalue weighted by Crippen LogP contribution is -2.21. The number of nitrogens with zero attached hydrogens (tertiary/aromatic N) is 2. The molecular formula is C15H12Cl2N6O2S. The lowest BCUT2D eigenvalue weighted by atomic mass is 10.3. The molecule has 0 saturated carbocycles. The largest absolute Gasteiger partial charge is 0.382 e. The highest BCUT2D eigenvalue weighted by atomic mass is 35.5. The van der Waals surface area contributed by atoms with Gasteiger partial charge in [0.25, 0.3) is 10.0 Å². The molecule has 0 unspecified atom stereocenters. The van der Waals surface area contributed by atoms with Gasteiger partial charge in [-0.2, -0.15) is 10.4 Å². The van der Waals surface area contributed by atoms with Gasteiger partial charge in [0.15, 0.2) is 5.84 Å². The standard InChI is InChI=1S/C15H12Cl2N6O2S/c16-9-5-10(17)7-12(6-9)23-26(24,25)13-3-1-11(2-4-13)21-22-14(8-18)15(19)20/h1-7,21,23H,(H3,19,20)/b22-14+. The summed E-state index contributed by atoms with van der Waals surface area (Å²) in [5.74, 6) is -0.483. The van der Waals surface area contributed by atoms with Crippen molar-refractivity contribution in [1.82, 2.24) is 0 Å². The molecular weight excluding hydrogens is 399 g/mol. The highest BCUT2D eigenvalue weighted by molar-refractivity contribution is 7.92. The first-order valence-electron chi connectivity index (χ1n) is 6.88. The van der Waals surface area contributed by atoms with E-state index in [1.54, 1.807) is 6.07 Å². The molecule has 0 saturated heterocycles. The van der Waals surface area contributed by atoms with Gasteiger partial charge in [-0.1, -0.05) is 23.2 Å². The third-order valence-electron chi connectivity index (χ3n) is 2.94. The summed E-state index contributed by atoms with van der Waals surface area (Å²) in [6.07, 6.45) is 0. The molecule has 0 bridgehead atoms. The number of nitriles is 1. The molecule has 0 fully saturated rings. The lowest BCUT2D eigenvalue weighted by Gasteiger charge is -2.09. The molecule has 8 nitrogen and oxygen atoms in total. The van der Waals surface area contributed by atoms with E-state index in [0.29, 0.717) is 15.7 Å². The Hall–Kier alpha value is -2.80. The number of anilines is 2. The molecule has 5 N–H and O–H groups in total. The lowest BCUT2D eigenvalue weighted by molar-refractivity contribution is 0.601. The average Bonchev–Trinajstić information content (AvgIpc) is 2.54. The van der Waals surface area contributed by atoms with Crippen LogP contribution in [0.1, 0.15) is 0 Å². The number of nitrogens with one attached hydrogen (secondary N) is 3. The van der Waals surface area contributed by atoms with E-state index in [-0.39, 0.29) is 16.3 Å². The molecule has 0 aliphatic carbocycles. The van der Waals surface area contributed by atoms with E-state index in [0.717, 1.165) is 0 Å². The molecule has 2 rings (SSSR count). The van der Waals surface area contributed by atoms with Crippen molar-refractivity contribution < 1.29 is 8.42 Å². The highest BCUT2D eigenvalue weighted by Crippen LogP contribution is 2.25. The van der Waals surface area contributed by atoms with E-state index in [1.165, 1.54) is 42.5 Å². The van der Waals surface area contributed by atoms with Crippen LogP contribution in [-0.2, 0) is 10.0 Å². The minimum absolute atomic E-state index is 0.00444. The molecule has 26 heavy (non-hydrogen) atoms. The smallest absolute Gasteiger partial charge is 0.261 e. The van der Waals surface area contributed by atoms with Crippen LogP contribution in [0.25, 0.3) is 0 Å². The number of benzene rings is 2. The summed E-state index contributed by atoms with van der Waals surface area (Å²) in [6.45, 7) is 0. The van der Waals surface area contributed by atoms with Crippen molar-refractivity contribution in [2.45, 2.75) is 4.90 Å². The SMILES string of the molecule is N#C/C(=N\Nc1ccc(S(=O)(=O)Nc2cc(Cl)cc(Cl)c2)cc1)C(=N)N. The molecule has 0 radical (unpaired) electrons. The molecule has 0 amide bonds. The van der Waals surface area contributed by atoms with Gasteiger partial charge in [-0.25, -0.2) is 8.42 Å². The topological polar surface area (TPSA) is 144 Å². The number of hydrogen-bond donors (Lipinski definition) is 4. The third-order valence-corrected chi connectivity index (χ3v) is 4.77. The third kappa shape index (κ3) is 5.10. The number of sulfonamides is 1. The predicted octanol–water partition coefficient (Wildman–Crippen LogP) is 3.02. The fraction of sp³-hybridized carbons (Fsp3) is 0. The summed E-state index contributed by atoms with van der Waals surface area (Å²) in [5, 5.41) is 20.2. The van der Waals surface area contributed by atoms with Crippen molar-refractivity contribution in [3.8, 4) is 6.07 Å². The second kappa shape index (κ2) is 8.05. The normalized spacial score (nSPS) is 11.5. The maximum atomic E-state index is 12.4. The number of rotatable bonds is 6. The van der Waals surface area contributed by atoms with Gasteiger partial charge >= 0.3 is 0 Å². The Bertz CT molecular complexity index is 993. The molecule has 0 atom stereocenters. The van der Waals surface area contributed by atoms with Crippen LogP contribution >= 0.6 is 23.2 Å². The van der Waals surface area contributed by atoms with Crippen LogP contribution in [0.4, 0.5) is 11.4 Å². The number of hydrazone groups is 1. The Labute approximate surface area is 159 Å². The first-order chi connectivity index (χ1) is 12.2. The predicted molar refractivity (Wildman–Crippen MR) is 102 cm³/mol. The Kier molecular flexibility index (Phi) is 6.05. The average molecular weight is 411 g/mol. The van der Waals surface area contributed by atoms with Crippen molar-refractivity contribution in [3.63, 3.8) is 0 Å². The number of halogens is 2. The fourth-order valence-electron chi connectivity index (χ4n) is 1.80. The van der Waals surface area contributed by atoms with Gasteiger partial charge in [-0.3, -0.25) is 15.6 Å². The van der Waals surface area contributed by atoms with Crippen molar-refractivity contribution in [2.75, 3.05) is 10.1 Å². The van der Waals surface area contributed by atoms with Gasteiger partial charge in [-0.05, 0) is 42.5 Å². The second-order valence-electron chi connectivity index (χ2n) is 4.89. The Morgan fingerprint density at radius 3 is 2.19 bits per heavy atom. The molecule has 11 heteroatoms. The van der Waals surface area contributed by atoms with Crippen molar-refractivity contribution in [1.29, 1.82) is 10.7 Å². The van der Waals surface area contributed by atoms with Crippen molar-refractivity contribution in [3.05, 3.63) is 52.5 Å². The van der Waals surface area contributed by atoms with Gasteiger partial charge in [-0.15, -0.1) is 0 Å². The molecule has 0 aliphatic heterocycles. The zero-order valence-corrected chi connectivity index (χ0v) is 15.3. The molecule has 0 heterocycles. The second-order valence-corrected chi connectivity index (χ2v) is 7.44. The Balaban J connectivity index is 2.18. The first-order valence-corrected chi connectivity index (χ1v) is 9.12. The van der Waals surface area contributed by atoms with Gasteiger partial charge in [0, 0.05) is 10.0 Å². The first kappa shape index (κ1) is 19.5. The number of amidine groups is 1. The summed E-state index contributed by atoms with van der Waals surface area (Å²) in [7, 11) is -3.85. The molecule has 0 spiro atoms.